The molecule has 0 atom stereocenters. The Morgan fingerprint density at radius 2 is 2.20 bits per heavy atom. The average Bonchev–Trinajstić information content (AvgIpc) is 3.19. The van der Waals surface area contributed by atoms with Crippen LogP contribution in [0.2, 0.25) is 0 Å². The fourth-order valence-corrected chi connectivity index (χ4v) is 2.16. The Kier molecular flexibility index (Phi) is 4.67. The van der Waals surface area contributed by atoms with E-state index in [0.29, 0.717) is 6.54 Å². The van der Waals surface area contributed by atoms with Crippen LogP contribution in [0.3, 0.4) is 0 Å². The molecule has 0 aliphatic heterocycles. The van der Waals surface area contributed by atoms with Gasteiger partial charge >= 0.3 is 0 Å². The lowest BCUT2D eigenvalue weighted by Crippen LogP contribution is -2.36. The number of pyridine rings is 1. The maximum absolute atomic E-state index is 5.52. The van der Waals surface area contributed by atoms with Gasteiger partial charge in [-0.3, -0.25) is 0 Å². The minimum atomic E-state index is 0.0978. The van der Waals surface area contributed by atoms with Crippen LogP contribution in [-0.4, -0.2) is 23.6 Å². The van der Waals surface area contributed by atoms with Gasteiger partial charge in [0.15, 0.2) is 0 Å². The molecular weight excluding hydrogens is 246 g/mol. The quantitative estimate of drug-likeness (QED) is 0.806. The predicted molar refractivity (Wildman–Crippen MR) is 84.6 cm³/mol. The zero-order chi connectivity index (χ0) is 14.6. The van der Waals surface area contributed by atoms with Gasteiger partial charge in [-0.05, 0) is 45.6 Å². The average molecular weight is 271 g/mol. The molecule has 20 heavy (non-hydrogen) atoms. The minimum absolute atomic E-state index is 0.0978. The first-order valence-corrected chi connectivity index (χ1v) is 7.37. The van der Waals surface area contributed by atoms with Gasteiger partial charge in [-0.25, -0.2) is 4.98 Å². The molecule has 0 unspecified atom stereocenters. The zero-order valence-corrected chi connectivity index (χ0v) is 12.8. The van der Waals surface area contributed by atoms with E-state index in [1.807, 2.05) is 12.3 Å². The van der Waals surface area contributed by atoms with Gasteiger partial charge in [0.2, 0.25) is 0 Å². The molecule has 0 bridgehead atoms. The van der Waals surface area contributed by atoms with Crippen LogP contribution >= 0.6 is 0 Å². The summed E-state index contributed by atoms with van der Waals surface area (Å²) >= 11 is 0. The number of rotatable bonds is 6. The van der Waals surface area contributed by atoms with Gasteiger partial charge in [-0.15, -0.1) is 6.42 Å². The maximum Gasteiger partial charge on any atom is 0.133 e. The number of nitrogens with one attached hydrogen (secondary N) is 1. The fourth-order valence-electron chi connectivity index (χ4n) is 2.16. The highest BCUT2D eigenvalue weighted by Gasteiger charge is 2.25. The summed E-state index contributed by atoms with van der Waals surface area (Å²) in [6, 6.07) is 4.13. The molecular formula is C17H25N3. The molecule has 108 valence electrons. The molecule has 0 radical (unpaired) electrons. The van der Waals surface area contributed by atoms with E-state index in [4.69, 9.17) is 6.42 Å². The van der Waals surface area contributed by atoms with E-state index < -0.39 is 0 Å². The van der Waals surface area contributed by atoms with Crippen molar-refractivity contribution in [1.29, 1.82) is 0 Å². The van der Waals surface area contributed by atoms with Crippen molar-refractivity contribution in [2.45, 2.75) is 45.7 Å². The number of hydrogen-bond donors (Lipinski definition) is 1. The highest BCUT2D eigenvalue weighted by atomic mass is 15.2. The second-order valence-corrected chi connectivity index (χ2v) is 6.62. The summed E-state index contributed by atoms with van der Waals surface area (Å²) in [6.45, 7) is 9.00. The Morgan fingerprint density at radius 1 is 1.45 bits per heavy atom. The van der Waals surface area contributed by atoms with Crippen LogP contribution in [0.1, 0.15) is 39.2 Å². The SMILES string of the molecule is C#CCN(CC1CC1)c1ncccc1CNC(C)(C)C. The number of hydrogen-bond acceptors (Lipinski definition) is 3. The summed E-state index contributed by atoms with van der Waals surface area (Å²) in [5.74, 6) is 4.60. The fraction of sp³-hybridized carbons (Fsp3) is 0.588. The second-order valence-electron chi connectivity index (χ2n) is 6.62. The lowest BCUT2D eigenvalue weighted by Gasteiger charge is -2.26. The highest BCUT2D eigenvalue weighted by molar-refractivity contribution is 5.48. The third-order valence-electron chi connectivity index (χ3n) is 3.43. The third-order valence-corrected chi connectivity index (χ3v) is 3.43. The molecule has 0 aromatic carbocycles. The van der Waals surface area contributed by atoms with Crippen LogP contribution in [0.4, 0.5) is 5.82 Å². The van der Waals surface area contributed by atoms with Gasteiger partial charge in [0.05, 0.1) is 6.54 Å². The Balaban J connectivity index is 2.13. The summed E-state index contributed by atoms with van der Waals surface area (Å²) in [6.07, 6.45) is 10.0. The molecule has 0 spiro atoms. The molecule has 1 N–H and O–H groups in total. The first-order chi connectivity index (χ1) is 9.49. The summed E-state index contributed by atoms with van der Waals surface area (Å²) in [5, 5.41) is 3.53. The van der Waals surface area contributed by atoms with Gasteiger partial charge in [-0.1, -0.05) is 12.0 Å². The van der Waals surface area contributed by atoms with Gasteiger partial charge in [0.25, 0.3) is 0 Å². The van der Waals surface area contributed by atoms with Gasteiger partial charge in [-0.2, -0.15) is 0 Å². The molecule has 1 heterocycles. The number of aromatic nitrogens is 1. The van der Waals surface area contributed by atoms with Crippen molar-refractivity contribution in [2.75, 3.05) is 18.0 Å². The van der Waals surface area contributed by atoms with Crippen LogP contribution in [0, 0.1) is 18.3 Å². The van der Waals surface area contributed by atoms with Crippen LogP contribution < -0.4 is 10.2 Å². The molecule has 0 amide bonds. The summed E-state index contributed by atoms with van der Waals surface area (Å²) < 4.78 is 0. The first-order valence-electron chi connectivity index (χ1n) is 7.37. The molecule has 3 heteroatoms. The van der Waals surface area contributed by atoms with Crippen LogP contribution in [0.5, 0.6) is 0 Å². The lowest BCUT2D eigenvalue weighted by molar-refractivity contribution is 0.424. The third kappa shape index (κ3) is 4.54. The van der Waals surface area contributed by atoms with E-state index in [-0.39, 0.29) is 5.54 Å². The molecule has 1 aromatic heterocycles. The molecule has 2 rings (SSSR count). The van der Waals surface area contributed by atoms with Crippen LogP contribution in [0.25, 0.3) is 0 Å². The lowest BCUT2D eigenvalue weighted by atomic mass is 10.1. The predicted octanol–water partition coefficient (Wildman–Crippen LogP) is 2.82. The minimum Gasteiger partial charge on any atom is -0.345 e. The molecule has 1 saturated carbocycles. The summed E-state index contributed by atoms with van der Waals surface area (Å²) in [7, 11) is 0. The Morgan fingerprint density at radius 3 is 2.80 bits per heavy atom. The van der Waals surface area contributed by atoms with E-state index in [2.05, 4.69) is 48.0 Å². The van der Waals surface area contributed by atoms with Crippen LogP contribution in [-0.2, 0) is 6.54 Å². The monoisotopic (exact) mass is 271 g/mol. The van der Waals surface area contributed by atoms with Gasteiger partial charge < -0.3 is 10.2 Å². The molecule has 1 aromatic rings. The molecule has 0 saturated heterocycles. The van der Waals surface area contributed by atoms with Crippen molar-refractivity contribution in [3.05, 3.63) is 23.9 Å². The number of nitrogens with zero attached hydrogens (tertiary/aromatic N) is 2. The number of anilines is 1. The molecule has 1 aliphatic rings. The molecule has 3 nitrogen and oxygen atoms in total. The van der Waals surface area contributed by atoms with Crippen molar-refractivity contribution < 1.29 is 0 Å². The molecule has 1 aliphatic carbocycles. The maximum atomic E-state index is 5.52. The largest absolute Gasteiger partial charge is 0.345 e. The van der Waals surface area contributed by atoms with E-state index in [1.54, 1.807) is 0 Å². The summed E-state index contributed by atoms with van der Waals surface area (Å²) in [4.78, 5) is 6.82. The van der Waals surface area contributed by atoms with Crippen molar-refractivity contribution in [2.24, 2.45) is 5.92 Å². The van der Waals surface area contributed by atoms with Crippen molar-refractivity contribution in [3.63, 3.8) is 0 Å². The van der Waals surface area contributed by atoms with Crippen molar-refractivity contribution >= 4 is 5.82 Å². The Labute approximate surface area is 122 Å². The first kappa shape index (κ1) is 14.9. The smallest absolute Gasteiger partial charge is 0.133 e. The Bertz CT molecular complexity index is 478. The second kappa shape index (κ2) is 6.28. The van der Waals surface area contributed by atoms with Gasteiger partial charge in [0, 0.05) is 30.4 Å². The topological polar surface area (TPSA) is 28.2 Å². The van der Waals surface area contributed by atoms with Crippen molar-refractivity contribution in [1.82, 2.24) is 10.3 Å². The Hall–Kier alpha value is -1.53. The standard InChI is InChI=1S/C17H25N3/c1-5-11-20(13-14-8-9-14)16-15(7-6-10-18-16)12-19-17(2,3)4/h1,6-7,10,14,19H,8-9,11-13H2,2-4H3. The van der Waals surface area contributed by atoms with Gasteiger partial charge in [0.1, 0.15) is 5.82 Å². The van der Waals surface area contributed by atoms with E-state index in [0.717, 1.165) is 24.8 Å². The van der Waals surface area contributed by atoms with Crippen LogP contribution in [0.15, 0.2) is 18.3 Å². The normalized spacial score (nSPS) is 14.9. The van der Waals surface area contributed by atoms with E-state index in [1.165, 1.54) is 18.4 Å². The molecule has 1 fully saturated rings. The van der Waals surface area contributed by atoms with E-state index >= 15 is 0 Å². The zero-order valence-electron chi connectivity index (χ0n) is 12.8. The number of terminal acetylenes is 1. The van der Waals surface area contributed by atoms with Crippen molar-refractivity contribution in [3.8, 4) is 12.3 Å². The highest BCUT2D eigenvalue weighted by Crippen LogP contribution is 2.31. The summed E-state index contributed by atoms with van der Waals surface area (Å²) in [5.41, 5.74) is 1.32. The van der Waals surface area contributed by atoms with E-state index in [9.17, 15) is 0 Å².